The molecule has 1 heterocycles. The summed E-state index contributed by atoms with van der Waals surface area (Å²) in [5, 5.41) is 3.62. The molecule has 1 saturated heterocycles. The van der Waals surface area contributed by atoms with Gasteiger partial charge >= 0.3 is 0 Å². The van der Waals surface area contributed by atoms with Gasteiger partial charge in [-0.05, 0) is 31.7 Å². The lowest BCUT2D eigenvalue weighted by atomic mass is 10.0. The third kappa shape index (κ3) is 4.04. The first-order valence-corrected chi connectivity index (χ1v) is 6.83. The van der Waals surface area contributed by atoms with Crippen molar-refractivity contribution in [3.63, 3.8) is 0 Å². The summed E-state index contributed by atoms with van der Waals surface area (Å²) >= 11 is 0. The third-order valence-corrected chi connectivity index (χ3v) is 3.53. The molecule has 0 bridgehead atoms. The first kappa shape index (κ1) is 12.3. The highest BCUT2D eigenvalue weighted by Crippen LogP contribution is 2.34. The molecule has 0 spiro atoms. The third-order valence-electron chi connectivity index (χ3n) is 3.53. The highest BCUT2D eigenvalue weighted by atomic mass is 16.6. The lowest BCUT2D eigenvalue weighted by molar-refractivity contribution is -0.102. The van der Waals surface area contributed by atoms with E-state index in [-0.39, 0.29) is 6.10 Å². The minimum Gasteiger partial charge on any atom is -0.376 e. The van der Waals surface area contributed by atoms with Crippen molar-refractivity contribution < 1.29 is 9.47 Å². The van der Waals surface area contributed by atoms with E-state index in [1.807, 2.05) is 0 Å². The first-order chi connectivity index (χ1) is 7.90. The Morgan fingerprint density at radius 3 is 2.81 bits per heavy atom. The van der Waals surface area contributed by atoms with E-state index in [0.717, 1.165) is 32.3 Å². The molecule has 1 saturated carbocycles. The summed E-state index contributed by atoms with van der Waals surface area (Å²) in [6.07, 6.45) is 6.97. The van der Waals surface area contributed by atoms with Crippen LogP contribution in [0.3, 0.4) is 0 Å². The summed E-state index contributed by atoms with van der Waals surface area (Å²) in [5.41, 5.74) is 0. The fourth-order valence-corrected chi connectivity index (χ4v) is 2.31. The molecule has 0 amide bonds. The van der Waals surface area contributed by atoms with Gasteiger partial charge in [0.1, 0.15) is 0 Å². The van der Waals surface area contributed by atoms with Crippen molar-refractivity contribution in [3.05, 3.63) is 0 Å². The Labute approximate surface area is 98.9 Å². The Hall–Kier alpha value is -0.120. The van der Waals surface area contributed by atoms with Crippen molar-refractivity contribution in [3.8, 4) is 0 Å². The second-order valence-corrected chi connectivity index (χ2v) is 5.07. The SMILES string of the molecule is CCCNC(CCC1CC1)C1COCCO1. The van der Waals surface area contributed by atoms with Crippen LogP contribution in [-0.2, 0) is 9.47 Å². The van der Waals surface area contributed by atoms with Crippen LogP contribution in [0.2, 0.25) is 0 Å². The van der Waals surface area contributed by atoms with Crippen LogP contribution < -0.4 is 5.32 Å². The zero-order valence-electron chi connectivity index (χ0n) is 10.4. The molecule has 2 fully saturated rings. The number of nitrogens with one attached hydrogen (secondary N) is 1. The van der Waals surface area contributed by atoms with Crippen molar-refractivity contribution in [2.24, 2.45) is 5.92 Å². The molecule has 0 aromatic rings. The second kappa shape index (κ2) is 6.58. The van der Waals surface area contributed by atoms with Gasteiger partial charge in [0.05, 0.1) is 25.9 Å². The molecule has 0 aromatic heterocycles. The molecule has 2 rings (SSSR count). The summed E-state index contributed by atoms with van der Waals surface area (Å²) in [4.78, 5) is 0. The predicted octanol–water partition coefficient (Wildman–Crippen LogP) is 1.96. The van der Waals surface area contributed by atoms with Crippen LogP contribution in [0.4, 0.5) is 0 Å². The van der Waals surface area contributed by atoms with Gasteiger partial charge in [0, 0.05) is 6.04 Å². The molecule has 2 atom stereocenters. The largest absolute Gasteiger partial charge is 0.376 e. The highest BCUT2D eigenvalue weighted by Gasteiger charge is 2.28. The summed E-state index contributed by atoms with van der Waals surface area (Å²) < 4.78 is 11.3. The Morgan fingerprint density at radius 2 is 2.19 bits per heavy atom. The lowest BCUT2D eigenvalue weighted by Crippen LogP contribution is -2.47. The fourth-order valence-electron chi connectivity index (χ4n) is 2.31. The lowest BCUT2D eigenvalue weighted by Gasteiger charge is -2.31. The van der Waals surface area contributed by atoms with E-state index in [2.05, 4.69) is 12.2 Å². The van der Waals surface area contributed by atoms with Gasteiger partial charge in [0.25, 0.3) is 0 Å². The van der Waals surface area contributed by atoms with Crippen LogP contribution in [0.15, 0.2) is 0 Å². The molecule has 2 aliphatic rings. The van der Waals surface area contributed by atoms with Crippen LogP contribution in [-0.4, -0.2) is 38.5 Å². The highest BCUT2D eigenvalue weighted by molar-refractivity contribution is 4.82. The smallest absolute Gasteiger partial charge is 0.0962 e. The van der Waals surface area contributed by atoms with Crippen molar-refractivity contribution in [1.29, 1.82) is 0 Å². The van der Waals surface area contributed by atoms with Crippen molar-refractivity contribution >= 4 is 0 Å². The molecule has 1 N–H and O–H groups in total. The average molecular weight is 227 g/mol. The molecule has 94 valence electrons. The summed E-state index contributed by atoms with van der Waals surface area (Å²) in [6, 6.07) is 0.501. The molecular formula is C13H25NO2. The van der Waals surface area contributed by atoms with E-state index in [1.54, 1.807) is 0 Å². The molecule has 1 aliphatic carbocycles. The fraction of sp³-hybridized carbons (Fsp3) is 1.00. The van der Waals surface area contributed by atoms with Gasteiger partial charge in [0.15, 0.2) is 0 Å². The Kier molecular flexibility index (Phi) is 5.07. The Morgan fingerprint density at radius 1 is 1.31 bits per heavy atom. The van der Waals surface area contributed by atoms with E-state index in [1.165, 1.54) is 32.1 Å². The second-order valence-electron chi connectivity index (χ2n) is 5.07. The van der Waals surface area contributed by atoms with Gasteiger partial charge in [-0.1, -0.05) is 19.8 Å². The van der Waals surface area contributed by atoms with Crippen LogP contribution >= 0.6 is 0 Å². The van der Waals surface area contributed by atoms with Crippen molar-refractivity contribution in [2.75, 3.05) is 26.4 Å². The molecule has 0 radical (unpaired) electrons. The predicted molar refractivity (Wildman–Crippen MR) is 64.6 cm³/mol. The minimum atomic E-state index is 0.277. The first-order valence-electron chi connectivity index (χ1n) is 6.83. The van der Waals surface area contributed by atoms with Gasteiger partial charge in [0.2, 0.25) is 0 Å². The molecule has 3 heteroatoms. The normalized spacial score (nSPS) is 27.9. The van der Waals surface area contributed by atoms with Crippen LogP contribution in [0, 0.1) is 5.92 Å². The quantitative estimate of drug-likeness (QED) is 0.721. The summed E-state index contributed by atoms with van der Waals surface area (Å²) in [6.45, 7) is 5.60. The molecular weight excluding hydrogens is 202 g/mol. The standard InChI is InChI=1S/C13H25NO2/c1-2-7-14-12(6-5-11-3-4-11)13-10-15-8-9-16-13/h11-14H,2-10H2,1H3. The van der Waals surface area contributed by atoms with E-state index in [9.17, 15) is 0 Å². The van der Waals surface area contributed by atoms with E-state index in [0.29, 0.717) is 6.04 Å². The maximum atomic E-state index is 5.80. The van der Waals surface area contributed by atoms with Gasteiger partial charge in [-0.3, -0.25) is 0 Å². The van der Waals surface area contributed by atoms with Gasteiger partial charge in [-0.15, -0.1) is 0 Å². The molecule has 1 aliphatic heterocycles. The maximum absolute atomic E-state index is 5.80. The summed E-state index contributed by atoms with van der Waals surface area (Å²) in [7, 11) is 0. The number of hydrogen-bond acceptors (Lipinski definition) is 3. The van der Waals surface area contributed by atoms with Crippen LogP contribution in [0.1, 0.15) is 39.0 Å². The van der Waals surface area contributed by atoms with E-state index in [4.69, 9.17) is 9.47 Å². The molecule has 16 heavy (non-hydrogen) atoms. The zero-order valence-corrected chi connectivity index (χ0v) is 10.4. The number of hydrogen-bond donors (Lipinski definition) is 1. The molecule has 2 unspecified atom stereocenters. The number of ether oxygens (including phenoxy) is 2. The van der Waals surface area contributed by atoms with Crippen molar-refractivity contribution in [2.45, 2.75) is 51.2 Å². The van der Waals surface area contributed by atoms with Crippen LogP contribution in [0.25, 0.3) is 0 Å². The minimum absolute atomic E-state index is 0.277. The Bertz CT molecular complexity index is 188. The molecule has 3 nitrogen and oxygen atoms in total. The zero-order chi connectivity index (χ0) is 11.2. The van der Waals surface area contributed by atoms with Gasteiger partial charge < -0.3 is 14.8 Å². The van der Waals surface area contributed by atoms with Gasteiger partial charge in [-0.2, -0.15) is 0 Å². The monoisotopic (exact) mass is 227 g/mol. The topological polar surface area (TPSA) is 30.5 Å². The van der Waals surface area contributed by atoms with Gasteiger partial charge in [-0.25, -0.2) is 0 Å². The van der Waals surface area contributed by atoms with E-state index >= 15 is 0 Å². The summed E-state index contributed by atoms with van der Waals surface area (Å²) in [5.74, 6) is 1.01. The number of rotatable bonds is 7. The maximum Gasteiger partial charge on any atom is 0.0962 e. The van der Waals surface area contributed by atoms with Crippen molar-refractivity contribution in [1.82, 2.24) is 5.32 Å². The molecule has 0 aromatic carbocycles. The average Bonchev–Trinajstić information content (AvgIpc) is 3.14. The van der Waals surface area contributed by atoms with Crippen LogP contribution in [0.5, 0.6) is 0 Å². The van der Waals surface area contributed by atoms with E-state index < -0.39 is 0 Å². The Balaban J connectivity index is 1.73.